The summed E-state index contributed by atoms with van der Waals surface area (Å²) in [6.07, 6.45) is 4.48. The zero-order valence-electron chi connectivity index (χ0n) is 11.2. The highest BCUT2D eigenvalue weighted by molar-refractivity contribution is 7.97. The molecule has 2 aromatic rings. The minimum Gasteiger partial charge on any atom is -0.280 e. The molecule has 0 spiro atoms. The Morgan fingerprint density at radius 2 is 1.95 bits per heavy atom. The lowest BCUT2D eigenvalue weighted by Gasteiger charge is -2.20. The van der Waals surface area contributed by atoms with Crippen molar-refractivity contribution in [1.82, 2.24) is 0 Å². The quantitative estimate of drug-likeness (QED) is 0.528. The minimum atomic E-state index is -2.64. The summed E-state index contributed by atoms with van der Waals surface area (Å²) in [6, 6.07) is 12.1. The Hall–Kier alpha value is -1.23. The van der Waals surface area contributed by atoms with Gasteiger partial charge in [-0.2, -0.15) is 0 Å². The van der Waals surface area contributed by atoms with E-state index < -0.39 is 9.80 Å². The highest BCUT2D eigenvalue weighted by Gasteiger charge is 2.20. The van der Waals surface area contributed by atoms with Gasteiger partial charge in [-0.25, -0.2) is 4.21 Å². The summed E-state index contributed by atoms with van der Waals surface area (Å²) < 4.78 is 18.8. The number of fused-ring (bicyclic) bond motifs is 2. The van der Waals surface area contributed by atoms with E-state index in [-0.39, 0.29) is 5.44 Å². The van der Waals surface area contributed by atoms with Gasteiger partial charge in [-0.3, -0.25) is 4.18 Å². The molecule has 104 valence electrons. The van der Waals surface area contributed by atoms with Crippen LogP contribution in [0.4, 0.5) is 0 Å². The summed E-state index contributed by atoms with van der Waals surface area (Å²) >= 11 is 4.31. The molecule has 0 N–H and O–H groups in total. The zero-order valence-corrected chi connectivity index (χ0v) is 12.9. The monoisotopic (exact) mass is 304 g/mol. The van der Waals surface area contributed by atoms with Gasteiger partial charge in [0.2, 0.25) is 0 Å². The van der Waals surface area contributed by atoms with Crippen molar-refractivity contribution in [2.24, 2.45) is 0 Å². The molecule has 0 fully saturated rings. The van der Waals surface area contributed by atoms with Crippen LogP contribution in [0.2, 0.25) is 0 Å². The van der Waals surface area contributed by atoms with E-state index in [1.54, 1.807) is 11.4 Å². The van der Waals surface area contributed by atoms with Gasteiger partial charge in [-0.15, -0.1) is 12.6 Å². The molecule has 1 aliphatic rings. The Morgan fingerprint density at radius 3 is 2.65 bits per heavy atom. The first kappa shape index (κ1) is 13.7. The van der Waals surface area contributed by atoms with Crippen molar-refractivity contribution in [3.05, 3.63) is 48.0 Å². The molecule has 0 saturated carbocycles. The van der Waals surface area contributed by atoms with Crippen molar-refractivity contribution < 1.29 is 8.39 Å². The lowest BCUT2D eigenvalue weighted by Crippen LogP contribution is -2.17. The van der Waals surface area contributed by atoms with E-state index >= 15 is 0 Å². The second-order valence-electron chi connectivity index (χ2n) is 4.74. The molecule has 0 amide bonds. The van der Waals surface area contributed by atoms with Gasteiger partial charge in [0.05, 0.1) is 4.90 Å². The molecule has 1 aliphatic heterocycles. The smallest absolute Gasteiger partial charge is 0.117 e. The van der Waals surface area contributed by atoms with Crippen LogP contribution in [0.3, 0.4) is 0 Å². The summed E-state index contributed by atoms with van der Waals surface area (Å²) in [7, 11) is -2.64. The Morgan fingerprint density at radius 1 is 1.25 bits per heavy atom. The largest absolute Gasteiger partial charge is 0.280 e. The van der Waals surface area contributed by atoms with E-state index in [1.165, 1.54) is 0 Å². The van der Waals surface area contributed by atoms with Crippen LogP contribution in [-0.2, 0) is 14.0 Å². The van der Waals surface area contributed by atoms with Crippen LogP contribution >= 0.6 is 12.6 Å². The minimum absolute atomic E-state index is 0.329. The van der Waals surface area contributed by atoms with Crippen LogP contribution in [0.5, 0.6) is 0 Å². The van der Waals surface area contributed by atoms with E-state index in [9.17, 15) is 4.21 Å². The summed E-state index contributed by atoms with van der Waals surface area (Å²) in [4.78, 5) is 0.742. The maximum atomic E-state index is 13.1. The maximum Gasteiger partial charge on any atom is 0.117 e. The first-order valence-electron chi connectivity index (χ1n) is 6.57. The lowest BCUT2D eigenvalue weighted by molar-refractivity contribution is 0.312. The molecule has 20 heavy (non-hydrogen) atoms. The Bertz CT molecular complexity index is 799. The molecule has 0 aromatic heterocycles. The van der Waals surface area contributed by atoms with Crippen LogP contribution in [0.15, 0.2) is 47.4 Å². The van der Waals surface area contributed by atoms with Crippen molar-refractivity contribution in [2.75, 3.05) is 0 Å². The Balaban J connectivity index is 2.20. The topological polar surface area (TPSA) is 26.3 Å². The number of benzene rings is 2. The van der Waals surface area contributed by atoms with Crippen LogP contribution < -0.4 is 0 Å². The van der Waals surface area contributed by atoms with Crippen LogP contribution in [0.25, 0.3) is 16.8 Å². The van der Waals surface area contributed by atoms with Gasteiger partial charge in [-0.05, 0) is 34.9 Å². The molecule has 0 saturated heterocycles. The normalized spacial score (nSPS) is 22.3. The average molecular weight is 304 g/mol. The second-order valence-corrected chi connectivity index (χ2v) is 7.31. The van der Waals surface area contributed by atoms with Gasteiger partial charge in [0.25, 0.3) is 0 Å². The van der Waals surface area contributed by atoms with Crippen LogP contribution in [0, 0.1) is 0 Å². The second kappa shape index (κ2) is 5.28. The molecule has 0 aliphatic carbocycles. The fourth-order valence-corrected chi connectivity index (χ4v) is 4.45. The van der Waals surface area contributed by atoms with Gasteiger partial charge >= 0.3 is 0 Å². The number of hydrogen-bond acceptors (Lipinski definition) is 3. The fraction of sp³-hybridized carbons (Fsp3) is 0.188. The predicted molar refractivity (Wildman–Crippen MR) is 89.6 cm³/mol. The molecule has 4 heteroatoms. The molecule has 1 heterocycles. The molecule has 2 unspecified atom stereocenters. The van der Waals surface area contributed by atoms with Gasteiger partial charge in [0.15, 0.2) is 0 Å². The highest BCUT2D eigenvalue weighted by atomic mass is 32.2. The number of thiol groups is 1. The average Bonchev–Trinajstić information content (AvgIpc) is 2.46. The third-order valence-corrected chi connectivity index (χ3v) is 5.93. The standard InChI is InChI=1S/C16H16O2S2/c1-2-16(19)18-20(17)9-5-8-14-10-12-6-3-4-7-13(12)11-15(14)20/h3-11,16,19H,2H2,1H3. The molecule has 2 atom stereocenters. The lowest BCUT2D eigenvalue weighted by atomic mass is 10.1. The summed E-state index contributed by atoms with van der Waals surface area (Å²) in [5.74, 6) is 0. The van der Waals surface area contributed by atoms with Crippen LogP contribution in [0.1, 0.15) is 18.9 Å². The molecular formula is C16H16O2S2. The Kier molecular flexibility index (Phi) is 3.63. The molecule has 2 nitrogen and oxygen atoms in total. The predicted octanol–water partition coefficient (Wildman–Crippen LogP) is 3.91. The number of hydrogen-bond donors (Lipinski definition) is 1. The van der Waals surface area contributed by atoms with Crippen molar-refractivity contribution in [3.8, 4) is 0 Å². The van der Waals surface area contributed by atoms with Gasteiger partial charge in [0, 0.05) is 5.37 Å². The van der Waals surface area contributed by atoms with Gasteiger partial charge < -0.3 is 0 Å². The van der Waals surface area contributed by atoms with E-state index in [2.05, 4.69) is 24.8 Å². The maximum absolute atomic E-state index is 13.1. The van der Waals surface area contributed by atoms with E-state index in [0.717, 1.165) is 21.2 Å². The third-order valence-electron chi connectivity index (χ3n) is 3.32. The SMILES string of the molecule is CCC(S)OS1(=O)=CC=Cc2cc3ccccc3cc21. The highest BCUT2D eigenvalue weighted by Crippen LogP contribution is 2.30. The van der Waals surface area contributed by atoms with Gasteiger partial charge in [-0.1, -0.05) is 43.3 Å². The molecule has 2 aromatic carbocycles. The molecule has 0 bridgehead atoms. The fourth-order valence-electron chi connectivity index (χ4n) is 2.25. The third kappa shape index (κ3) is 2.39. The molecule has 0 radical (unpaired) electrons. The van der Waals surface area contributed by atoms with Crippen molar-refractivity contribution in [3.63, 3.8) is 0 Å². The van der Waals surface area contributed by atoms with Crippen molar-refractivity contribution in [2.45, 2.75) is 23.7 Å². The van der Waals surface area contributed by atoms with Crippen molar-refractivity contribution in [1.29, 1.82) is 0 Å². The number of allylic oxidation sites excluding steroid dienone is 1. The summed E-state index contributed by atoms with van der Waals surface area (Å²) in [5, 5.41) is 3.85. The van der Waals surface area contributed by atoms with E-state index in [1.807, 2.05) is 37.3 Å². The first-order chi connectivity index (χ1) is 9.62. The molecule has 3 rings (SSSR count). The summed E-state index contributed by atoms with van der Waals surface area (Å²) in [5.41, 5.74) is 0.623. The van der Waals surface area contributed by atoms with Gasteiger partial charge in [0.1, 0.15) is 15.2 Å². The first-order valence-corrected chi connectivity index (χ1v) is 8.63. The van der Waals surface area contributed by atoms with E-state index in [4.69, 9.17) is 4.18 Å². The van der Waals surface area contributed by atoms with E-state index in [0.29, 0.717) is 6.42 Å². The zero-order chi connectivity index (χ0) is 14.2. The Labute approximate surface area is 125 Å². The van der Waals surface area contributed by atoms with Crippen molar-refractivity contribution >= 4 is 44.6 Å². The number of rotatable bonds is 3. The molecular weight excluding hydrogens is 288 g/mol. The van der Waals surface area contributed by atoms with Crippen LogP contribution in [-0.4, -0.2) is 15.0 Å². The summed E-state index contributed by atoms with van der Waals surface area (Å²) in [6.45, 7) is 1.96.